The zero-order chi connectivity index (χ0) is 35.4. The van der Waals surface area contributed by atoms with Crippen molar-refractivity contribution in [1.29, 1.82) is 0 Å². The van der Waals surface area contributed by atoms with E-state index in [0.29, 0.717) is 23.1 Å². The Morgan fingerprint density at radius 1 is 0.708 bits per heavy atom. The zero-order valence-electron chi connectivity index (χ0n) is 26.3. The largest absolute Gasteiger partial charge is 1.00 e. The van der Waals surface area contributed by atoms with Gasteiger partial charge < -0.3 is 69.0 Å². The van der Waals surface area contributed by atoms with Crippen molar-refractivity contribution in [2.75, 3.05) is 30.3 Å². The fraction of sp³-hybridized carbons (Fsp3) is 0.393. The summed E-state index contributed by atoms with van der Waals surface area (Å²) < 4.78 is 0. The maximum absolute atomic E-state index is 9.98. The van der Waals surface area contributed by atoms with Crippen LogP contribution in [0.25, 0.3) is 0 Å². The molecule has 0 saturated heterocycles. The molecule has 0 bridgehead atoms. The van der Waals surface area contributed by atoms with Gasteiger partial charge in [-0.3, -0.25) is 9.98 Å². The van der Waals surface area contributed by atoms with Gasteiger partial charge in [0.25, 0.3) is 0 Å². The van der Waals surface area contributed by atoms with Crippen LogP contribution in [0.2, 0.25) is 10.0 Å². The third-order valence-corrected chi connectivity index (χ3v) is 6.32. The molecule has 2 aromatic carbocycles. The molecule has 4 atom stereocenters. The summed E-state index contributed by atoms with van der Waals surface area (Å²) in [6, 6.07) is 14.1. The number of nitrogens with one attached hydrogen (secondary N) is 2. The Bertz CT molecular complexity index is 1270. The predicted octanol–water partition coefficient (Wildman–Crippen LogP) is -4.49. The molecule has 17 nitrogen and oxygen atoms in total. The minimum Gasteiger partial charge on any atom is -0.547 e. The summed E-state index contributed by atoms with van der Waals surface area (Å²) in [7, 11) is 0. The number of nitrogens with two attached hydrogens (primary N) is 4. The van der Waals surface area contributed by atoms with Crippen LogP contribution in [0.5, 0.6) is 0 Å². The van der Waals surface area contributed by atoms with Crippen LogP contribution < -0.4 is 68.2 Å². The smallest absolute Gasteiger partial charge is 0.547 e. The quantitative estimate of drug-likeness (QED) is 0.0380. The molecule has 260 valence electrons. The van der Waals surface area contributed by atoms with Crippen molar-refractivity contribution in [2.24, 2.45) is 42.9 Å². The summed E-state index contributed by atoms with van der Waals surface area (Å²) >= 11 is 11.7. The van der Waals surface area contributed by atoms with Gasteiger partial charge in [0, 0.05) is 34.5 Å². The molecule has 0 aliphatic carbocycles. The maximum atomic E-state index is 9.98. The fourth-order valence-electron chi connectivity index (χ4n) is 3.36. The standard InChI is InChI=1S/C22H30Cl2N10.C6H12O7.Na/c23-15-5-9-17(10-6-15)31-21(27)33-19(25)29-13-3-1-2-4-14-30-20(26)34-22(28)32-18-11-7-16(24)8-12-18;7-1-2(8)3(9)4(10)5(11)6(12)13;/h5-12H,1-4,13-14H2,(H5,25,27,29,31,33)(H5,26,28,30,32,34);2-5,7-11H,1H2,(H,12,13);/q;;+1/p-1/t;2-,3-,4+,5-;/m.1./s1. The van der Waals surface area contributed by atoms with Gasteiger partial charge in [0.15, 0.2) is 0 Å². The van der Waals surface area contributed by atoms with Gasteiger partial charge in [0.05, 0.1) is 12.6 Å². The molecule has 0 heterocycles. The number of carbonyl (C=O) groups is 1. The van der Waals surface area contributed by atoms with Crippen LogP contribution in [0.4, 0.5) is 11.4 Å². The van der Waals surface area contributed by atoms with E-state index in [1.165, 1.54) is 0 Å². The molecule has 0 amide bonds. The SMILES string of the molecule is NC(=NCCCCCCN=C(N)N=C(N)Nc1ccc(Cl)cc1)N=C(N)Nc1ccc(Cl)cc1.O=C([O-])[C@H](O)[C@@H](O)[C@H](O)[C@H](O)CO.[Na+]. The number of aliphatic hydroxyl groups excluding tert-OH is 5. The Morgan fingerprint density at radius 3 is 1.42 bits per heavy atom. The molecular formula is C28H41Cl2N10NaO7. The number of aliphatic hydroxyl groups is 5. The van der Waals surface area contributed by atoms with Crippen LogP contribution in [0.1, 0.15) is 25.7 Å². The van der Waals surface area contributed by atoms with Gasteiger partial charge in [-0.15, -0.1) is 0 Å². The molecule has 0 spiro atoms. The third-order valence-electron chi connectivity index (χ3n) is 5.81. The molecule has 0 aliphatic rings. The molecule has 0 saturated carbocycles. The van der Waals surface area contributed by atoms with E-state index in [2.05, 4.69) is 30.6 Å². The van der Waals surface area contributed by atoms with Gasteiger partial charge in [-0.25, -0.2) is 0 Å². The second-order valence-electron chi connectivity index (χ2n) is 9.65. The maximum Gasteiger partial charge on any atom is 1.00 e. The van der Waals surface area contributed by atoms with Gasteiger partial charge in [-0.1, -0.05) is 36.0 Å². The van der Waals surface area contributed by atoms with Gasteiger partial charge >= 0.3 is 29.6 Å². The summed E-state index contributed by atoms with van der Waals surface area (Å²) in [5.74, 6) is -1.41. The zero-order valence-corrected chi connectivity index (χ0v) is 29.8. The topological polar surface area (TPSA) is 319 Å². The number of carboxylic acids is 1. The number of unbranched alkanes of at least 4 members (excludes halogenated alkanes) is 3. The monoisotopic (exact) mass is 722 g/mol. The van der Waals surface area contributed by atoms with E-state index >= 15 is 0 Å². The van der Waals surface area contributed by atoms with Crippen LogP contribution in [0.3, 0.4) is 0 Å². The van der Waals surface area contributed by atoms with Gasteiger partial charge in [0.2, 0.25) is 23.8 Å². The minimum absolute atomic E-state index is 0. The molecule has 0 unspecified atom stereocenters. The molecule has 0 fully saturated rings. The average molecular weight is 724 g/mol. The summed E-state index contributed by atoms with van der Waals surface area (Å²) in [6.45, 7) is 0.260. The average Bonchev–Trinajstić information content (AvgIpc) is 3.03. The van der Waals surface area contributed by atoms with E-state index in [9.17, 15) is 9.90 Å². The second kappa shape index (κ2) is 24.8. The first kappa shape index (κ1) is 44.8. The predicted molar refractivity (Wildman–Crippen MR) is 181 cm³/mol. The number of carboxylic acid groups (broad SMARTS) is 1. The number of benzene rings is 2. The van der Waals surface area contributed by atoms with Gasteiger partial charge in [0.1, 0.15) is 24.4 Å². The molecule has 20 heteroatoms. The number of guanidine groups is 4. The Kier molecular flexibility index (Phi) is 23.2. The Labute approximate surface area is 309 Å². The number of halogens is 2. The van der Waals surface area contributed by atoms with Crippen molar-refractivity contribution in [2.45, 2.75) is 50.1 Å². The van der Waals surface area contributed by atoms with E-state index in [1.807, 2.05) is 0 Å². The molecule has 48 heavy (non-hydrogen) atoms. The van der Waals surface area contributed by atoms with Crippen LogP contribution in [0.15, 0.2) is 68.5 Å². The van der Waals surface area contributed by atoms with Gasteiger partial charge in [-0.2, -0.15) is 9.98 Å². The fourth-order valence-corrected chi connectivity index (χ4v) is 3.61. The van der Waals surface area contributed by atoms with E-state index in [1.54, 1.807) is 48.5 Å². The number of anilines is 2. The van der Waals surface area contributed by atoms with Crippen molar-refractivity contribution in [3.05, 3.63) is 58.6 Å². The van der Waals surface area contributed by atoms with Crippen LogP contribution in [-0.4, -0.2) is 99.5 Å². The Morgan fingerprint density at radius 2 is 1.08 bits per heavy atom. The molecule has 0 aromatic heterocycles. The molecule has 0 aliphatic heterocycles. The molecule has 0 radical (unpaired) electrons. The van der Waals surface area contributed by atoms with Crippen molar-refractivity contribution in [3.63, 3.8) is 0 Å². The normalized spacial score (nSPS) is 14.8. The van der Waals surface area contributed by atoms with E-state index in [-0.39, 0.29) is 53.4 Å². The van der Waals surface area contributed by atoms with Crippen molar-refractivity contribution in [1.82, 2.24) is 0 Å². The first-order chi connectivity index (χ1) is 22.2. The third kappa shape index (κ3) is 19.6. The van der Waals surface area contributed by atoms with E-state index < -0.39 is 37.0 Å². The van der Waals surface area contributed by atoms with E-state index in [4.69, 9.17) is 71.7 Å². The summed E-state index contributed by atoms with van der Waals surface area (Å²) in [5, 5.41) is 60.6. The summed E-state index contributed by atoms with van der Waals surface area (Å²) in [6.07, 6.45) is -4.40. The number of hydrogen-bond donors (Lipinski definition) is 11. The number of rotatable bonds is 14. The van der Waals surface area contributed by atoms with Gasteiger partial charge in [-0.05, 0) is 61.4 Å². The summed E-state index contributed by atoms with van der Waals surface area (Å²) in [4.78, 5) is 26.5. The first-order valence-electron chi connectivity index (χ1n) is 14.1. The Balaban J connectivity index is 0.00000134. The second-order valence-corrected chi connectivity index (χ2v) is 10.5. The number of aliphatic carboxylic acids is 1. The Hall–Kier alpha value is -3.23. The number of nitrogens with zero attached hydrogens (tertiary/aromatic N) is 4. The van der Waals surface area contributed by atoms with Crippen LogP contribution >= 0.6 is 23.2 Å². The number of hydrogen-bond acceptors (Lipinski definition) is 9. The van der Waals surface area contributed by atoms with Crippen molar-refractivity contribution in [3.8, 4) is 0 Å². The minimum atomic E-state index is -2.31. The molecule has 2 aromatic rings. The van der Waals surface area contributed by atoms with Crippen LogP contribution in [-0.2, 0) is 4.79 Å². The van der Waals surface area contributed by atoms with Crippen LogP contribution in [0, 0.1) is 0 Å². The molecule has 15 N–H and O–H groups in total. The molecule has 2 rings (SSSR count). The number of carbonyl (C=O) groups excluding carboxylic acids is 1. The van der Waals surface area contributed by atoms with Crippen molar-refractivity contribution >= 4 is 64.4 Å². The molecular weight excluding hydrogens is 682 g/mol. The van der Waals surface area contributed by atoms with Crippen molar-refractivity contribution < 1.29 is 65.0 Å². The van der Waals surface area contributed by atoms with E-state index in [0.717, 1.165) is 37.1 Å². The first-order valence-corrected chi connectivity index (χ1v) is 14.9. The number of aliphatic imine (C=N–C) groups is 4. The summed E-state index contributed by atoms with van der Waals surface area (Å²) in [5.41, 5.74) is 24.8.